The number of benzene rings is 1. The summed E-state index contributed by atoms with van der Waals surface area (Å²) < 4.78 is 23.5. The number of anilines is 1. The van der Waals surface area contributed by atoms with Gasteiger partial charge in [-0.15, -0.1) is 0 Å². The molecule has 1 rings (SSSR count). The second-order valence-corrected chi connectivity index (χ2v) is 3.16. The number of rotatable bonds is 5. The van der Waals surface area contributed by atoms with Crippen LogP contribution in [0, 0.1) is 5.82 Å². The van der Waals surface area contributed by atoms with Gasteiger partial charge in [0.2, 0.25) is 0 Å². The molecule has 84 valence electrons. The Balaban J connectivity index is 2.81. The van der Waals surface area contributed by atoms with Crippen LogP contribution >= 0.6 is 0 Å². The van der Waals surface area contributed by atoms with E-state index in [1.165, 1.54) is 6.07 Å². The summed E-state index contributed by atoms with van der Waals surface area (Å²) in [5.74, 6) is -0.0654. The zero-order chi connectivity index (χ0) is 11.3. The van der Waals surface area contributed by atoms with Gasteiger partial charge in [0.25, 0.3) is 0 Å². The SMILES string of the molecule is CCOc1ccc(N(C)COC)cc1F. The number of methoxy groups -OCH3 is 1. The lowest BCUT2D eigenvalue weighted by Gasteiger charge is -2.18. The molecule has 15 heavy (non-hydrogen) atoms. The summed E-state index contributed by atoms with van der Waals surface area (Å²) in [7, 11) is 3.43. The van der Waals surface area contributed by atoms with Crippen LogP contribution in [0.25, 0.3) is 0 Å². The van der Waals surface area contributed by atoms with Crippen molar-refractivity contribution in [2.75, 3.05) is 32.4 Å². The van der Waals surface area contributed by atoms with Crippen LogP contribution in [0.2, 0.25) is 0 Å². The Morgan fingerprint density at radius 3 is 2.67 bits per heavy atom. The Hall–Kier alpha value is -1.29. The van der Waals surface area contributed by atoms with Gasteiger partial charge in [0.05, 0.1) is 6.61 Å². The fourth-order valence-corrected chi connectivity index (χ4v) is 1.27. The second kappa shape index (κ2) is 5.56. The number of hydrogen-bond donors (Lipinski definition) is 0. The first-order valence-corrected chi connectivity index (χ1v) is 4.81. The van der Waals surface area contributed by atoms with E-state index in [1.807, 2.05) is 14.0 Å². The number of ether oxygens (including phenoxy) is 2. The topological polar surface area (TPSA) is 21.7 Å². The van der Waals surface area contributed by atoms with Crippen molar-refractivity contribution < 1.29 is 13.9 Å². The van der Waals surface area contributed by atoms with Crippen LogP contribution in [0.3, 0.4) is 0 Å². The molecular weight excluding hydrogens is 197 g/mol. The maximum Gasteiger partial charge on any atom is 0.167 e. The lowest BCUT2D eigenvalue weighted by molar-refractivity contribution is 0.202. The van der Waals surface area contributed by atoms with Crippen molar-refractivity contribution >= 4 is 5.69 Å². The van der Waals surface area contributed by atoms with Crippen molar-refractivity contribution in [2.24, 2.45) is 0 Å². The monoisotopic (exact) mass is 213 g/mol. The molecule has 0 aliphatic carbocycles. The molecule has 0 N–H and O–H groups in total. The smallest absolute Gasteiger partial charge is 0.167 e. The van der Waals surface area contributed by atoms with Crippen molar-refractivity contribution in [3.05, 3.63) is 24.0 Å². The Labute approximate surface area is 89.4 Å². The summed E-state index contributed by atoms with van der Waals surface area (Å²) in [4.78, 5) is 1.80. The van der Waals surface area contributed by atoms with Gasteiger partial charge in [-0.05, 0) is 19.1 Å². The van der Waals surface area contributed by atoms with E-state index in [-0.39, 0.29) is 11.6 Å². The normalized spacial score (nSPS) is 10.1. The standard InChI is InChI=1S/C11H16FNO2/c1-4-15-11-6-5-9(7-10(11)12)13(2)8-14-3/h5-7H,4,8H2,1-3H3. The highest BCUT2D eigenvalue weighted by atomic mass is 19.1. The quantitative estimate of drug-likeness (QED) is 0.700. The Morgan fingerprint density at radius 2 is 2.13 bits per heavy atom. The summed E-state index contributed by atoms with van der Waals surface area (Å²) in [5.41, 5.74) is 0.762. The van der Waals surface area contributed by atoms with Crippen LogP contribution in [0.4, 0.5) is 10.1 Å². The minimum Gasteiger partial charge on any atom is -0.491 e. The molecular formula is C11H16FNO2. The lowest BCUT2D eigenvalue weighted by atomic mass is 10.3. The third-order valence-electron chi connectivity index (χ3n) is 1.98. The molecule has 0 radical (unpaired) electrons. The van der Waals surface area contributed by atoms with Crippen LogP contribution < -0.4 is 9.64 Å². The van der Waals surface area contributed by atoms with E-state index in [2.05, 4.69) is 0 Å². The maximum absolute atomic E-state index is 13.4. The number of nitrogens with zero attached hydrogens (tertiary/aromatic N) is 1. The third-order valence-corrected chi connectivity index (χ3v) is 1.98. The van der Waals surface area contributed by atoms with E-state index in [1.54, 1.807) is 24.1 Å². The molecule has 0 saturated carbocycles. The highest BCUT2D eigenvalue weighted by Crippen LogP contribution is 2.22. The minimum atomic E-state index is -0.350. The van der Waals surface area contributed by atoms with Crippen LogP contribution in [0.15, 0.2) is 18.2 Å². The molecule has 0 heterocycles. The van der Waals surface area contributed by atoms with Gasteiger partial charge in [-0.25, -0.2) is 4.39 Å². The van der Waals surface area contributed by atoms with E-state index in [0.29, 0.717) is 13.3 Å². The summed E-state index contributed by atoms with van der Waals surface area (Å²) in [6.07, 6.45) is 0. The van der Waals surface area contributed by atoms with Gasteiger partial charge in [0.15, 0.2) is 11.6 Å². The average Bonchev–Trinajstić information content (AvgIpc) is 2.21. The fourth-order valence-electron chi connectivity index (χ4n) is 1.27. The van der Waals surface area contributed by atoms with E-state index in [0.717, 1.165) is 5.69 Å². The molecule has 0 spiro atoms. The largest absolute Gasteiger partial charge is 0.491 e. The molecule has 0 amide bonds. The van der Waals surface area contributed by atoms with Crippen molar-refractivity contribution in [1.82, 2.24) is 0 Å². The van der Waals surface area contributed by atoms with Gasteiger partial charge in [0.1, 0.15) is 6.73 Å². The van der Waals surface area contributed by atoms with Crippen molar-refractivity contribution in [3.8, 4) is 5.75 Å². The van der Waals surface area contributed by atoms with Crippen LogP contribution in [-0.4, -0.2) is 27.5 Å². The predicted molar refractivity (Wildman–Crippen MR) is 57.8 cm³/mol. The van der Waals surface area contributed by atoms with Gasteiger partial charge < -0.3 is 14.4 Å². The van der Waals surface area contributed by atoms with E-state index < -0.39 is 0 Å². The summed E-state index contributed by atoms with van der Waals surface area (Å²) in [6, 6.07) is 4.86. The first-order chi connectivity index (χ1) is 7.19. The molecule has 3 nitrogen and oxygen atoms in total. The Morgan fingerprint density at radius 1 is 1.40 bits per heavy atom. The van der Waals surface area contributed by atoms with E-state index in [4.69, 9.17) is 9.47 Å². The van der Waals surface area contributed by atoms with Crippen LogP contribution in [0.1, 0.15) is 6.92 Å². The lowest BCUT2D eigenvalue weighted by Crippen LogP contribution is -2.19. The predicted octanol–water partition coefficient (Wildman–Crippen LogP) is 2.26. The molecule has 1 aromatic rings. The van der Waals surface area contributed by atoms with Gasteiger partial charge in [-0.2, -0.15) is 0 Å². The number of hydrogen-bond acceptors (Lipinski definition) is 3. The molecule has 0 aliphatic heterocycles. The highest BCUT2D eigenvalue weighted by molar-refractivity contribution is 5.48. The minimum absolute atomic E-state index is 0.284. The molecule has 0 aromatic heterocycles. The summed E-state index contributed by atoms with van der Waals surface area (Å²) in [5, 5.41) is 0. The zero-order valence-corrected chi connectivity index (χ0v) is 9.29. The highest BCUT2D eigenvalue weighted by Gasteiger charge is 2.06. The van der Waals surface area contributed by atoms with E-state index in [9.17, 15) is 4.39 Å². The maximum atomic E-state index is 13.4. The molecule has 0 bridgehead atoms. The van der Waals surface area contributed by atoms with Crippen molar-refractivity contribution in [1.29, 1.82) is 0 Å². The first kappa shape index (κ1) is 11.8. The fraction of sp³-hybridized carbons (Fsp3) is 0.455. The second-order valence-electron chi connectivity index (χ2n) is 3.16. The molecule has 0 saturated heterocycles. The van der Waals surface area contributed by atoms with Gasteiger partial charge >= 0.3 is 0 Å². The molecule has 0 unspecified atom stereocenters. The average molecular weight is 213 g/mol. The van der Waals surface area contributed by atoms with Crippen molar-refractivity contribution in [2.45, 2.75) is 6.92 Å². The van der Waals surface area contributed by atoms with Crippen LogP contribution in [0.5, 0.6) is 5.75 Å². The number of halogens is 1. The van der Waals surface area contributed by atoms with Crippen molar-refractivity contribution in [3.63, 3.8) is 0 Å². The van der Waals surface area contributed by atoms with Gasteiger partial charge in [-0.3, -0.25) is 0 Å². The molecule has 1 aromatic carbocycles. The Kier molecular flexibility index (Phi) is 4.37. The van der Waals surface area contributed by atoms with E-state index >= 15 is 0 Å². The molecule has 0 fully saturated rings. The van der Waals surface area contributed by atoms with Crippen LogP contribution in [-0.2, 0) is 4.74 Å². The van der Waals surface area contributed by atoms with Gasteiger partial charge in [-0.1, -0.05) is 0 Å². The summed E-state index contributed by atoms with van der Waals surface area (Å²) in [6.45, 7) is 2.71. The molecule has 0 aliphatic rings. The first-order valence-electron chi connectivity index (χ1n) is 4.81. The molecule has 0 atom stereocenters. The summed E-state index contributed by atoms with van der Waals surface area (Å²) >= 11 is 0. The molecule has 4 heteroatoms. The zero-order valence-electron chi connectivity index (χ0n) is 9.29. The van der Waals surface area contributed by atoms with Gasteiger partial charge in [0, 0.05) is 25.9 Å². The Bertz CT molecular complexity index is 317. The third kappa shape index (κ3) is 3.09.